The lowest BCUT2D eigenvalue weighted by molar-refractivity contribution is 1.11. The molecule has 0 fully saturated rings. The molecule has 1 N–H and O–H groups in total. The number of nitrogens with zero attached hydrogens (tertiary/aromatic N) is 2. The molecule has 3 nitrogen and oxygen atoms in total. The maximum atomic E-state index is 3.51. The summed E-state index contributed by atoms with van der Waals surface area (Å²) in [6.45, 7) is 0. The van der Waals surface area contributed by atoms with Crippen LogP contribution in [0.25, 0.3) is 0 Å². The summed E-state index contributed by atoms with van der Waals surface area (Å²) in [6, 6.07) is 13.1. The Morgan fingerprint density at radius 1 is 0.727 bits per heavy atom. The molecule has 120 valence electrons. The third-order valence-electron chi connectivity index (χ3n) is 3.45. The predicted octanol–water partition coefficient (Wildman–Crippen LogP) is 5.26. The van der Waals surface area contributed by atoms with Gasteiger partial charge in [0, 0.05) is 49.4 Å². The first-order valence-corrected chi connectivity index (χ1v) is 7.44. The van der Waals surface area contributed by atoms with Gasteiger partial charge >= 0.3 is 0 Å². The number of hydrogen-bond acceptors (Lipinski definition) is 4. The Balaban J connectivity index is 0.00000121. The molecule has 2 aromatic rings. The second-order valence-corrected chi connectivity index (χ2v) is 6.46. The van der Waals surface area contributed by atoms with Crippen molar-refractivity contribution in [3.05, 3.63) is 36.4 Å². The lowest BCUT2D eigenvalue weighted by atomic mass is 10.2. The van der Waals surface area contributed by atoms with Crippen molar-refractivity contribution >= 4 is 82.5 Å². The van der Waals surface area contributed by atoms with Gasteiger partial charge in [0.15, 0.2) is 0 Å². The molecule has 0 atom stereocenters. The molecule has 2 aromatic carbocycles. The minimum atomic E-state index is 0. The fourth-order valence-corrected chi connectivity index (χ4v) is 3.27. The molecule has 0 saturated heterocycles. The van der Waals surface area contributed by atoms with Crippen molar-refractivity contribution in [1.82, 2.24) is 0 Å². The maximum absolute atomic E-state index is 3.51. The smallest absolute Gasteiger partial charge is 0.0527 e. The van der Waals surface area contributed by atoms with Crippen molar-refractivity contribution < 1.29 is 0 Å². The van der Waals surface area contributed by atoms with E-state index in [1.54, 1.807) is 0 Å². The Morgan fingerprint density at radius 2 is 1.14 bits per heavy atom. The summed E-state index contributed by atoms with van der Waals surface area (Å²) in [6.07, 6.45) is 0. The number of nitrogens with one attached hydrogen (secondary N) is 1. The van der Waals surface area contributed by atoms with Crippen molar-refractivity contribution in [1.29, 1.82) is 0 Å². The zero-order chi connectivity index (χ0) is 14.3. The molecule has 0 spiro atoms. The fraction of sp³-hybridized carbons (Fsp3) is 0.250. The molecule has 1 heterocycles. The van der Waals surface area contributed by atoms with Crippen LogP contribution >= 0.6 is 59.7 Å². The third-order valence-corrected chi connectivity index (χ3v) is 4.57. The normalized spacial score (nSPS) is 11.1. The molecule has 0 bridgehead atoms. The van der Waals surface area contributed by atoms with Crippen LogP contribution in [0.2, 0.25) is 0 Å². The first-order valence-electron chi connectivity index (χ1n) is 6.62. The zero-order valence-corrected chi connectivity index (χ0v) is 18.6. The second-order valence-electron chi connectivity index (χ2n) is 5.38. The lowest BCUT2D eigenvalue weighted by Crippen LogP contribution is -2.10. The van der Waals surface area contributed by atoms with E-state index in [-0.39, 0.29) is 48.0 Å². The summed E-state index contributed by atoms with van der Waals surface area (Å²) >= 11 is 1.83. The maximum Gasteiger partial charge on any atom is 0.0527 e. The molecule has 0 aromatic heterocycles. The van der Waals surface area contributed by atoms with Gasteiger partial charge < -0.3 is 15.1 Å². The molecule has 6 heteroatoms. The topological polar surface area (TPSA) is 18.5 Å². The summed E-state index contributed by atoms with van der Waals surface area (Å²) in [5, 5.41) is 3.51. The molecule has 1 aliphatic rings. The molecule has 0 aliphatic carbocycles. The molecule has 0 radical (unpaired) electrons. The molecule has 0 unspecified atom stereocenters. The predicted molar refractivity (Wildman–Crippen MR) is 120 cm³/mol. The van der Waals surface area contributed by atoms with Gasteiger partial charge in [-0.2, -0.15) is 0 Å². The highest BCUT2D eigenvalue weighted by molar-refractivity contribution is 14.0. The number of fused-ring (bicyclic) bond motifs is 2. The van der Waals surface area contributed by atoms with E-state index in [0.29, 0.717) is 0 Å². The number of anilines is 4. The summed E-state index contributed by atoms with van der Waals surface area (Å²) in [7, 11) is 8.28. The average Bonchev–Trinajstić information content (AvgIpc) is 2.43. The van der Waals surface area contributed by atoms with Crippen LogP contribution in [0, 0.1) is 0 Å². The zero-order valence-electron chi connectivity index (χ0n) is 13.1. The SMILES string of the molecule is CN(C)c1ccc2c(c1)Sc1cc(N(C)C)ccc1N2.I.I. The first-order chi connectivity index (χ1) is 9.54. The van der Waals surface area contributed by atoms with Crippen molar-refractivity contribution in [3.63, 3.8) is 0 Å². The van der Waals surface area contributed by atoms with Gasteiger partial charge in [0.05, 0.1) is 11.4 Å². The summed E-state index contributed by atoms with van der Waals surface area (Å²) in [4.78, 5) is 6.82. The molecular weight excluding hydrogens is 520 g/mol. The largest absolute Gasteiger partial charge is 0.378 e. The molecule has 22 heavy (non-hydrogen) atoms. The minimum Gasteiger partial charge on any atom is -0.378 e. The van der Waals surface area contributed by atoms with Gasteiger partial charge in [-0.25, -0.2) is 0 Å². The summed E-state index contributed by atoms with van der Waals surface area (Å²) in [5.74, 6) is 0. The van der Waals surface area contributed by atoms with E-state index in [2.05, 4.69) is 79.7 Å². The Kier molecular flexibility index (Phi) is 7.13. The van der Waals surface area contributed by atoms with Crippen molar-refractivity contribution in [2.75, 3.05) is 43.3 Å². The van der Waals surface area contributed by atoms with E-state index in [0.717, 1.165) is 0 Å². The quantitative estimate of drug-likeness (QED) is 0.446. The summed E-state index contributed by atoms with van der Waals surface area (Å²) in [5.41, 5.74) is 4.83. The van der Waals surface area contributed by atoms with Crippen LogP contribution in [0.3, 0.4) is 0 Å². The first kappa shape index (κ1) is 19.7. The van der Waals surface area contributed by atoms with Gasteiger partial charge in [-0.05, 0) is 36.4 Å². The molecule has 1 aliphatic heterocycles. The van der Waals surface area contributed by atoms with Crippen LogP contribution in [0.4, 0.5) is 22.7 Å². The van der Waals surface area contributed by atoms with Gasteiger partial charge in [0.2, 0.25) is 0 Å². The van der Waals surface area contributed by atoms with Crippen LogP contribution in [0.15, 0.2) is 46.2 Å². The Hall–Kier alpha value is -0.350. The van der Waals surface area contributed by atoms with Crippen molar-refractivity contribution in [2.45, 2.75) is 9.79 Å². The van der Waals surface area contributed by atoms with E-state index >= 15 is 0 Å². The van der Waals surface area contributed by atoms with Crippen LogP contribution in [0.1, 0.15) is 0 Å². The second kappa shape index (κ2) is 7.96. The fourth-order valence-electron chi connectivity index (χ4n) is 2.22. The van der Waals surface area contributed by atoms with E-state index in [9.17, 15) is 0 Å². The number of benzene rings is 2. The van der Waals surface area contributed by atoms with Gasteiger partial charge in [-0.3, -0.25) is 0 Å². The molecule has 0 saturated carbocycles. The van der Waals surface area contributed by atoms with Crippen LogP contribution in [-0.4, -0.2) is 28.2 Å². The number of halogens is 2. The van der Waals surface area contributed by atoms with Gasteiger partial charge in [0.25, 0.3) is 0 Å². The average molecular weight is 541 g/mol. The van der Waals surface area contributed by atoms with Gasteiger partial charge in [0.1, 0.15) is 0 Å². The van der Waals surface area contributed by atoms with Crippen molar-refractivity contribution in [2.24, 2.45) is 0 Å². The monoisotopic (exact) mass is 541 g/mol. The van der Waals surface area contributed by atoms with E-state index in [1.807, 2.05) is 11.8 Å². The third kappa shape index (κ3) is 3.94. The van der Waals surface area contributed by atoms with Gasteiger partial charge in [-0.15, -0.1) is 48.0 Å². The Morgan fingerprint density at radius 3 is 1.50 bits per heavy atom. The number of hydrogen-bond donors (Lipinski definition) is 1. The Bertz CT molecular complexity index is 604. The van der Waals surface area contributed by atoms with Crippen LogP contribution in [-0.2, 0) is 0 Å². The Labute approximate surface area is 170 Å². The van der Waals surface area contributed by atoms with E-state index in [4.69, 9.17) is 0 Å². The lowest BCUT2D eigenvalue weighted by Gasteiger charge is -2.24. The number of rotatable bonds is 2. The minimum absolute atomic E-state index is 0. The molecular formula is C16H21I2N3S. The van der Waals surface area contributed by atoms with E-state index in [1.165, 1.54) is 32.5 Å². The van der Waals surface area contributed by atoms with Crippen molar-refractivity contribution in [3.8, 4) is 0 Å². The summed E-state index contributed by atoms with van der Waals surface area (Å²) < 4.78 is 0. The highest BCUT2D eigenvalue weighted by Gasteiger charge is 2.17. The molecule has 3 rings (SSSR count). The standard InChI is InChI=1S/C16H19N3S.2HI/c1-18(2)11-5-7-13-15(9-11)20-16-10-12(19(3)4)6-8-14(16)17-13;;/h5-10,17H,1-4H3;2*1H. The highest BCUT2D eigenvalue weighted by atomic mass is 127. The molecule has 0 amide bonds. The van der Waals surface area contributed by atoms with Gasteiger partial charge in [-0.1, -0.05) is 11.8 Å². The highest BCUT2D eigenvalue weighted by Crippen LogP contribution is 2.46. The van der Waals surface area contributed by atoms with Crippen LogP contribution < -0.4 is 15.1 Å². The van der Waals surface area contributed by atoms with E-state index < -0.39 is 0 Å². The van der Waals surface area contributed by atoms with Crippen LogP contribution in [0.5, 0.6) is 0 Å².